The maximum absolute atomic E-state index is 14.3. The molecule has 1 atom stereocenters. The van der Waals surface area contributed by atoms with Gasteiger partial charge in [-0.05, 0) is 47.3 Å². The number of fused-ring (bicyclic) bond motifs is 1. The molecule has 1 N–H and O–H groups in total. The third-order valence-corrected chi connectivity index (χ3v) is 8.59. The van der Waals surface area contributed by atoms with E-state index in [1.807, 2.05) is 102 Å². The molecule has 0 spiro atoms. The van der Waals surface area contributed by atoms with Crippen LogP contribution < -0.4 is 5.32 Å². The lowest BCUT2D eigenvalue weighted by Gasteiger charge is -2.26. The highest BCUT2D eigenvalue weighted by molar-refractivity contribution is 7.98. The van der Waals surface area contributed by atoms with E-state index in [1.54, 1.807) is 24.3 Å². The largest absolute Gasteiger partial charge is 0.321 e. The van der Waals surface area contributed by atoms with Crippen LogP contribution in [0, 0.1) is 11.3 Å². The number of nitriles is 1. The number of aromatic nitrogens is 1. The molecule has 5 aromatic rings. The molecule has 0 saturated carbocycles. The molecule has 1 aliphatic heterocycles. The highest BCUT2D eigenvalue weighted by Crippen LogP contribution is 2.42. The first-order valence-electron chi connectivity index (χ1n) is 14.6. The number of nitrogens with one attached hydrogen (secondary N) is 1. The number of rotatable bonds is 10. The van der Waals surface area contributed by atoms with Crippen molar-refractivity contribution in [3.8, 4) is 28.5 Å². The van der Waals surface area contributed by atoms with E-state index in [0.29, 0.717) is 29.2 Å². The second-order valence-electron chi connectivity index (χ2n) is 10.7. The van der Waals surface area contributed by atoms with Crippen molar-refractivity contribution in [2.75, 3.05) is 17.3 Å². The van der Waals surface area contributed by atoms with Crippen LogP contribution in [-0.2, 0) is 11.3 Å². The molecule has 45 heavy (non-hydrogen) atoms. The molecule has 6 rings (SSSR count). The second-order valence-corrected chi connectivity index (χ2v) is 11.7. The van der Waals surface area contributed by atoms with Gasteiger partial charge in [-0.1, -0.05) is 103 Å². The van der Waals surface area contributed by atoms with Gasteiger partial charge in [0.25, 0.3) is 11.8 Å². The molecule has 1 aliphatic rings. The maximum atomic E-state index is 14.3. The molecule has 0 bridgehead atoms. The minimum atomic E-state index is -1.07. The van der Waals surface area contributed by atoms with Crippen LogP contribution in [0.25, 0.3) is 22.4 Å². The van der Waals surface area contributed by atoms with Crippen LogP contribution in [-0.4, -0.2) is 45.2 Å². The fourth-order valence-electron chi connectivity index (χ4n) is 5.86. The highest BCUT2D eigenvalue weighted by Gasteiger charge is 2.43. The minimum absolute atomic E-state index is 0.261. The molecule has 3 amide bonds. The third-order valence-electron chi connectivity index (χ3n) is 7.95. The number of hydrogen-bond donors (Lipinski definition) is 1. The van der Waals surface area contributed by atoms with Crippen molar-refractivity contribution in [2.45, 2.75) is 19.0 Å². The molecule has 0 fully saturated rings. The van der Waals surface area contributed by atoms with Crippen LogP contribution >= 0.6 is 11.8 Å². The zero-order valence-corrected chi connectivity index (χ0v) is 25.5. The molecule has 0 radical (unpaired) electrons. The van der Waals surface area contributed by atoms with Crippen LogP contribution in [0.5, 0.6) is 0 Å². The Balaban J connectivity index is 1.52. The van der Waals surface area contributed by atoms with Gasteiger partial charge in [0.1, 0.15) is 23.5 Å². The Morgan fingerprint density at radius 2 is 1.33 bits per heavy atom. The van der Waals surface area contributed by atoms with Crippen molar-refractivity contribution in [1.82, 2.24) is 9.47 Å². The molecule has 8 heteroatoms. The second kappa shape index (κ2) is 13.1. The Kier molecular flexibility index (Phi) is 8.63. The number of hydrogen-bond acceptors (Lipinski definition) is 5. The van der Waals surface area contributed by atoms with Gasteiger partial charge in [-0.3, -0.25) is 19.3 Å². The number of carbonyl (C=O) groups is 3. The number of amides is 3. The first kappa shape index (κ1) is 29.7. The fourth-order valence-corrected chi connectivity index (χ4v) is 6.32. The van der Waals surface area contributed by atoms with Crippen LogP contribution in [0.15, 0.2) is 115 Å². The summed E-state index contributed by atoms with van der Waals surface area (Å²) < 4.78 is 1.96. The molecular formula is C37H30N4O3S. The molecular weight excluding hydrogens is 580 g/mol. The van der Waals surface area contributed by atoms with E-state index in [9.17, 15) is 19.6 Å². The quantitative estimate of drug-likeness (QED) is 0.170. The molecule has 0 unspecified atom stereocenters. The molecule has 0 aliphatic carbocycles. The van der Waals surface area contributed by atoms with E-state index in [2.05, 4.69) is 11.4 Å². The van der Waals surface area contributed by atoms with Crippen LogP contribution in [0.4, 0.5) is 5.82 Å². The third kappa shape index (κ3) is 5.66. The zero-order valence-electron chi connectivity index (χ0n) is 24.6. The summed E-state index contributed by atoms with van der Waals surface area (Å²) in [6.07, 6.45) is 2.17. The van der Waals surface area contributed by atoms with Crippen molar-refractivity contribution >= 4 is 35.3 Å². The van der Waals surface area contributed by atoms with E-state index in [0.717, 1.165) is 27.3 Å². The zero-order chi connectivity index (χ0) is 31.3. The minimum Gasteiger partial charge on any atom is -0.321 e. The highest BCUT2D eigenvalue weighted by atomic mass is 32.2. The van der Waals surface area contributed by atoms with Crippen LogP contribution in [0.3, 0.4) is 0 Å². The van der Waals surface area contributed by atoms with Gasteiger partial charge < -0.3 is 9.88 Å². The monoisotopic (exact) mass is 610 g/mol. The summed E-state index contributed by atoms with van der Waals surface area (Å²) in [5.41, 5.74) is 5.02. The number of benzene rings is 4. The van der Waals surface area contributed by atoms with Gasteiger partial charge in [-0.2, -0.15) is 17.0 Å². The summed E-state index contributed by atoms with van der Waals surface area (Å²) in [5.74, 6) is -0.651. The van der Waals surface area contributed by atoms with Gasteiger partial charge in [0.15, 0.2) is 0 Å². The Hall–Kier alpha value is -5.39. The van der Waals surface area contributed by atoms with Gasteiger partial charge in [-0.25, -0.2) is 0 Å². The SMILES string of the molecule is CSCC[C@H](C(=O)Nc1c(C#N)c(-c2ccccc2)c(-c2ccccc2)n1Cc1ccccc1)N1C(=O)c2ccccc2C1=O. The van der Waals surface area contributed by atoms with Crippen molar-refractivity contribution in [2.24, 2.45) is 0 Å². The lowest BCUT2D eigenvalue weighted by Crippen LogP contribution is -2.47. The summed E-state index contributed by atoms with van der Waals surface area (Å²) in [4.78, 5) is 42.4. The number of imide groups is 1. The number of anilines is 1. The van der Waals surface area contributed by atoms with Crippen molar-refractivity contribution in [1.29, 1.82) is 5.26 Å². The molecule has 4 aromatic carbocycles. The van der Waals surface area contributed by atoms with Gasteiger partial charge in [0.05, 0.1) is 16.8 Å². The molecule has 2 heterocycles. The summed E-state index contributed by atoms with van der Waals surface area (Å²) in [5, 5.41) is 13.7. The van der Waals surface area contributed by atoms with Crippen molar-refractivity contribution in [3.05, 3.63) is 138 Å². The van der Waals surface area contributed by atoms with E-state index in [-0.39, 0.29) is 17.5 Å². The predicted molar refractivity (Wildman–Crippen MR) is 178 cm³/mol. The summed E-state index contributed by atoms with van der Waals surface area (Å²) in [6.45, 7) is 0.366. The van der Waals surface area contributed by atoms with Gasteiger partial charge in [0, 0.05) is 12.1 Å². The lowest BCUT2D eigenvalue weighted by atomic mass is 9.98. The Bertz CT molecular complexity index is 1880. The predicted octanol–water partition coefficient (Wildman–Crippen LogP) is 7.10. The Morgan fingerprint density at radius 3 is 1.89 bits per heavy atom. The summed E-state index contributed by atoms with van der Waals surface area (Å²) in [6, 6.07) is 37.2. The average Bonchev–Trinajstić information content (AvgIpc) is 3.52. The lowest BCUT2D eigenvalue weighted by molar-refractivity contribution is -0.120. The van der Waals surface area contributed by atoms with Crippen molar-refractivity contribution < 1.29 is 14.4 Å². The average molecular weight is 611 g/mol. The summed E-state index contributed by atoms with van der Waals surface area (Å²) >= 11 is 1.53. The first-order chi connectivity index (χ1) is 22.0. The Morgan fingerprint density at radius 1 is 0.800 bits per heavy atom. The Labute approximate surface area is 266 Å². The topological polar surface area (TPSA) is 95.2 Å². The van der Waals surface area contributed by atoms with Crippen LogP contribution in [0.2, 0.25) is 0 Å². The maximum Gasteiger partial charge on any atom is 0.262 e. The molecule has 0 saturated heterocycles. The fraction of sp³-hybridized carbons (Fsp3) is 0.135. The molecule has 7 nitrogen and oxygen atoms in total. The normalized spacial score (nSPS) is 12.9. The number of carbonyl (C=O) groups excluding carboxylic acids is 3. The van der Waals surface area contributed by atoms with E-state index in [1.165, 1.54) is 11.8 Å². The number of thioether (sulfide) groups is 1. The summed E-state index contributed by atoms with van der Waals surface area (Å²) in [7, 11) is 0. The first-order valence-corrected chi connectivity index (χ1v) is 16.0. The molecule has 1 aromatic heterocycles. The van der Waals surface area contributed by atoms with E-state index in [4.69, 9.17) is 0 Å². The van der Waals surface area contributed by atoms with Gasteiger partial charge >= 0.3 is 0 Å². The van der Waals surface area contributed by atoms with E-state index >= 15 is 0 Å². The molecule has 222 valence electrons. The van der Waals surface area contributed by atoms with Gasteiger partial charge in [-0.15, -0.1) is 0 Å². The van der Waals surface area contributed by atoms with Crippen molar-refractivity contribution in [3.63, 3.8) is 0 Å². The standard InChI is InChI=1S/C37H30N4O3S/c1-45-22-21-31(41-36(43)28-19-11-12-20-29(28)37(41)44)35(42)39-34-30(23-38)32(26-15-7-3-8-16-26)33(27-17-9-4-10-18-27)40(34)24-25-13-5-2-6-14-25/h2-20,31H,21-22,24H2,1H3,(H,39,42)/t31-/m1/s1. The van der Waals surface area contributed by atoms with E-state index < -0.39 is 23.8 Å². The van der Waals surface area contributed by atoms with Crippen LogP contribution in [0.1, 0.15) is 38.3 Å². The van der Waals surface area contributed by atoms with Gasteiger partial charge in [0.2, 0.25) is 5.91 Å². The smallest absolute Gasteiger partial charge is 0.262 e. The number of nitrogens with zero attached hydrogens (tertiary/aromatic N) is 3.